The summed E-state index contributed by atoms with van der Waals surface area (Å²) >= 11 is 0. The van der Waals surface area contributed by atoms with Crippen molar-refractivity contribution in [3.63, 3.8) is 0 Å². The molecule has 0 radical (unpaired) electrons. The second kappa shape index (κ2) is 11.9. The monoisotopic (exact) mass is 278 g/mol. The van der Waals surface area contributed by atoms with Crippen LogP contribution in [0.3, 0.4) is 0 Å². The first-order valence-corrected chi connectivity index (χ1v) is 8.64. The van der Waals surface area contributed by atoms with E-state index in [-0.39, 0.29) is 0 Å². The number of hydrogen-bond donors (Lipinski definition) is 0. The van der Waals surface area contributed by atoms with E-state index < -0.39 is 0 Å². The Kier molecular flexibility index (Phi) is 10.2. The van der Waals surface area contributed by atoms with Crippen LogP contribution >= 0.6 is 0 Å². The van der Waals surface area contributed by atoms with Crippen molar-refractivity contribution in [2.24, 2.45) is 0 Å². The van der Waals surface area contributed by atoms with Crippen molar-refractivity contribution >= 4 is 0 Å². The highest BCUT2D eigenvalue weighted by molar-refractivity contribution is 4.92. The molecule has 0 aromatic rings. The summed E-state index contributed by atoms with van der Waals surface area (Å²) in [4.78, 5) is 4.71. The highest BCUT2D eigenvalue weighted by atomic mass is 15.3. The Labute approximate surface area is 126 Å². The van der Waals surface area contributed by atoms with E-state index in [1.165, 1.54) is 70.8 Å². The summed E-state index contributed by atoms with van der Waals surface area (Å²) < 4.78 is 0. The van der Waals surface area contributed by atoms with Gasteiger partial charge in [-0.1, -0.05) is 70.8 Å². The summed E-state index contributed by atoms with van der Waals surface area (Å²) in [5, 5.41) is 0. The number of nitrogens with zero attached hydrogens (tertiary/aromatic N) is 2. The molecular weight excluding hydrogens is 244 g/mol. The Hall–Kier alpha value is -0.920. The van der Waals surface area contributed by atoms with Crippen molar-refractivity contribution < 1.29 is 0 Å². The molecule has 20 heavy (non-hydrogen) atoms. The maximum absolute atomic E-state index is 3.78. The van der Waals surface area contributed by atoms with Gasteiger partial charge in [0.15, 0.2) is 0 Å². The number of hydrogen-bond acceptors (Lipinski definition) is 2. The van der Waals surface area contributed by atoms with Crippen LogP contribution in [0.1, 0.15) is 71.1 Å². The topological polar surface area (TPSA) is 6.48 Å². The lowest BCUT2D eigenvalue weighted by Gasteiger charge is -2.19. The second-order valence-electron chi connectivity index (χ2n) is 5.99. The van der Waals surface area contributed by atoms with Gasteiger partial charge in [-0.25, -0.2) is 0 Å². The fourth-order valence-electron chi connectivity index (χ4n) is 2.75. The minimum atomic E-state index is 0.963. The lowest BCUT2D eigenvalue weighted by Crippen LogP contribution is -2.26. The zero-order valence-electron chi connectivity index (χ0n) is 13.5. The van der Waals surface area contributed by atoms with Crippen molar-refractivity contribution in [3.8, 4) is 0 Å². The van der Waals surface area contributed by atoms with Crippen LogP contribution in [0.15, 0.2) is 25.1 Å². The molecule has 0 bridgehead atoms. The Balaban J connectivity index is 1.81. The van der Waals surface area contributed by atoms with E-state index in [2.05, 4.69) is 35.7 Å². The predicted molar refractivity (Wildman–Crippen MR) is 89.5 cm³/mol. The number of rotatable bonds is 13. The van der Waals surface area contributed by atoms with E-state index in [1.54, 1.807) is 0 Å². The predicted octanol–water partition coefficient (Wildman–Crippen LogP) is 5.14. The lowest BCUT2D eigenvalue weighted by molar-refractivity contribution is 0.276. The van der Waals surface area contributed by atoms with Gasteiger partial charge in [0.1, 0.15) is 0 Å². The first-order valence-electron chi connectivity index (χ1n) is 8.64. The largest absolute Gasteiger partial charge is 0.359 e. The van der Waals surface area contributed by atoms with Gasteiger partial charge in [-0.2, -0.15) is 0 Å². The van der Waals surface area contributed by atoms with Gasteiger partial charge in [-0.15, -0.1) is 6.58 Å². The highest BCUT2D eigenvalue weighted by Crippen LogP contribution is 2.12. The molecule has 0 amide bonds. The van der Waals surface area contributed by atoms with Gasteiger partial charge in [0.2, 0.25) is 0 Å². The van der Waals surface area contributed by atoms with Crippen molar-refractivity contribution in [1.82, 2.24) is 9.80 Å². The third-order valence-electron chi connectivity index (χ3n) is 4.01. The molecule has 0 aromatic carbocycles. The van der Waals surface area contributed by atoms with Crippen LogP contribution < -0.4 is 0 Å². The van der Waals surface area contributed by atoms with Gasteiger partial charge in [0.05, 0.1) is 6.67 Å². The molecule has 116 valence electrons. The fraction of sp³-hybridized carbons (Fsp3) is 0.778. The zero-order chi connectivity index (χ0) is 14.5. The molecule has 2 heteroatoms. The summed E-state index contributed by atoms with van der Waals surface area (Å²) in [7, 11) is 0. The van der Waals surface area contributed by atoms with Gasteiger partial charge in [0, 0.05) is 25.5 Å². The molecule has 0 atom stereocenters. The Bertz CT molecular complexity index is 260. The summed E-state index contributed by atoms with van der Waals surface area (Å²) in [5.41, 5.74) is 0. The molecule has 0 aromatic heterocycles. The first-order chi connectivity index (χ1) is 9.86. The third-order valence-corrected chi connectivity index (χ3v) is 4.01. The van der Waals surface area contributed by atoms with E-state index in [4.69, 9.17) is 0 Å². The molecule has 0 aliphatic carbocycles. The molecule has 0 unspecified atom stereocenters. The number of unbranched alkanes of at least 4 members (excludes halogenated alkanes) is 9. The van der Waals surface area contributed by atoms with Crippen LogP contribution in [0.2, 0.25) is 0 Å². The molecule has 1 heterocycles. The summed E-state index contributed by atoms with van der Waals surface area (Å²) in [5.74, 6) is 0. The van der Waals surface area contributed by atoms with E-state index >= 15 is 0 Å². The highest BCUT2D eigenvalue weighted by Gasteiger charge is 2.09. The molecular formula is C18H34N2. The average molecular weight is 278 g/mol. The summed E-state index contributed by atoms with van der Waals surface area (Å²) in [6.07, 6.45) is 20.5. The molecule has 1 aliphatic heterocycles. The molecule has 0 N–H and O–H groups in total. The molecule has 0 saturated heterocycles. The molecule has 0 saturated carbocycles. The van der Waals surface area contributed by atoms with Gasteiger partial charge in [0.25, 0.3) is 0 Å². The Morgan fingerprint density at radius 3 is 2.00 bits per heavy atom. The average Bonchev–Trinajstić information content (AvgIpc) is 2.89. The maximum atomic E-state index is 3.78. The van der Waals surface area contributed by atoms with E-state index in [0.29, 0.717) is 0 Å². The van der Waals surface area contributed by atoms with Crippen LogP contribution in [0.5, 0.6) is 0 Å². The van der Waals surface area contributed by atoms with Crippen molar-refractivity contribution in [2.75, 3.05) is 19.8 Å². The minimum absolute atomic E-state index is 0.963. The second-order valence-corrected chi connectivity index (χ2v) is 5.99. The first kappa shape index (κ1) is 17.1. The molecule has 2 nitrogen and oxygen atoms in total. The van der Waals surface area contributed by atoms with Gasteiger partial charge < -0.3 is 9.80 Å². The Morgan fingerprint density at radius 1 is 0.850 bits per heavy atom. The van der Waals surface area contributed by atoms with Crippen molar-refractivity contribution in [1.29, 1.82) is 0 Å². The van der Waals surface area contributed by atoms with E-state index in [9.17, 15) is 0 Å². The van der Waals surface area contributed by atoms with Gasteiger partial charge >= 0.3 is 0 Å². The van der Waals surface area contributed by atoms with E-state index in [0.717, 1.165) is 13.2 Å². The lowest BCUT2D eigenvalue weighted by atomic mass is 10.1. The normalized spacial score (nSPS) is 14.2. The SMILES string of the molecule is C=CCN1C=CN(CCCCCCCCCCCC)C1. The van der Waals surface area contributed by atoms with Crippen molar-refractivity contribution in [3.05, 3.63) is 25.1 Å². The van der Waals surface area contributed by atoms with Crippen LogP contribution in [0.4, 0.5) is 0 Å². The third kappa shape index (κ3) is 8.29. The van der Waals surface area contributed by atoms with Crippen molar-refractivity contribution in [2.45, 2.75) is 71.1 Å². The Morgan fingerprint density at radius 2 is 1.40 bits per heavy atom. The molecule has 1 aliphatic rings. The summed E-state index contributed by atoms with van der Waals surface area (Å²) in [6.45, 7) is 9.28. The molecule has 0 fully saturated rings. The minimum Gasteiger partial charge on any atom is -0.359 e. The molecule has 0 spiro atoms. The van der Waals surface area contributed by atoms with Crippen LogP contribution in [-0.4, -0.2) is 29.6 Å². The van der Waals surface area contributed by atoms with Crippen LogP contribution in [-0.2, 0) is 0 Å². The quantitative estimate of drug-likeness (QED) is 0.340. The standard InChI is InChI=1S/C18H34N2/c1-3-5-6-7-8-9-10-11-12-13-15-20-17-16-19(18-20)14-4-2/h4,16-17H,2-3,5-15,18H2,1H3. The molecule has 1 rings (SSSR count). The van der Waals surface area contributed by atoms with Crippen LogP contribution in [0.25, 0.3) is 0 Å². The smallest absolute Gasteiger partial charge is 0.0896 e. The van der Waals surface area contributed by atoms with Crippen LogP contribution in [0, 0.1) is 0 Å². The van der Waals surface area contributed by atoms with E-state index in [1.807, 2.05) is 6.08 Å². The van der Waals surface area contributed by atoms with Gasteiger partial charge in [-0.05, 0) is 6.42 Å². The summed E-state index contributed by atoms with van der Waals surface area (Å²) in [6, 6.07) is 0. The zero-order valence-corrected chi connectivity index (χ0v) is 13.5. The maximum Gasteiger partial charge on any atom is 0.0896 e. The van der Waals surface area contributed by atoms with Gasteiger partial charge in [-0.3, -0.25) is 0 Å². The fourth-order valence-corrected chi connectivity index (χ4v) is 2.75.